The predicted octanol–water partition coefficient (Wildman–Crippen LogP) is 3.77. The van der Waals surface area contributed by atoms with Gasteiger partial charge in [0.05, 0.1) is 16.8 Å². The monoisotopic (exact) mass is 266 g/mol. The summed E-state index contributed by atoms with van der Waals surface area (Å²) in [6.45, 7) is 6.53. The molecule has 0 saturated carbocycles. The van der Waals surface area contributed by atoms with Gasteiger partial charge in [0.1, 0.15) is 4.75 Å². The number of hydrogen-bond acceptors (Lipinski definition) is 4. The second kappa shape index (κ2) is 4.62. The van der Waals surface area contributed by atoms with Crippen LogP contribution in [0.25, 0.3) is 0 Å². The van der Waals surface area contributed by atoms with Crippen molar-refractivity contribution >= 4 is 23.1 Å². The Balaban J connectivity index is 2.14. The molecule has 92 valence electrons. The fraction of sp³-hybridized carbons (Fsp3) is 0.692. The van der Waals surface area contributed by atoms with Crippen LogP contribution >= 0.6 is 23.1 Å². The molecule has 0 spiro atoms. The Kier molecular flexibility index (Phi) is 3.51. The first kappa shape index (κ1) is 12.9. The quantitative estimate of drug-likeness (QED) is 0.817. The summed E-state index contributed by atoms with van der Waals surface area (Å²) >= 11 is 3.51. The number of thioether (sulfide) groups is 1. The molecule has 1 fully saturated rings. The van der Waals surface area contributed by atoms with E-state index in [4.69, 9.17) is 4.98 Å². The van der Waals surface area contributed by atoms with E-state index in [9.17, 15) is 5.26 Å². The Bertz CT molecular complexity index is 431. The fourth-order valence-electron chi connectivity index (χ4n) is 1.95. The van der Waals surface area contributed by atoms with Crippen molar-refractivity contribution in [1.29, 1.82) is 5.26 Å². The van der Waals surface area contributed by atoms with Crippen molar-refractivity contribution < 1.29 is 0 Å². The molecule has 2 rings (SSSR count). The average molecular weight is 266 g/mol. The number of nitriles is 1. The SMILES string of the molecule is CC(C)(C)c1csc(CC2(C#N)CCCS2)n1. The van der Waals surface area contributed by atoms with Gasteiger partial charge in [0, 0.05) is 17.2 Å². The largest absolute Gasteiger partial charge is 0.246 e. The minimum Gasteiger partial charge on any atom is -0.246 e. The zero-order valence-electron chi connectivity index (χ0n) is 10.6. The van der Waals surface area contributed by atoms with Crippen molar-refractivity contribution in [3.8, 4) is 6.07 Å². The van der Waals surface area contributed by atoms with E-state index in [1.807, 2.05) is 0 Å². The summed E-state index contributed by atoms with van der Waals surface area (Å²) in [5.74, 6) is 1.12. The van der Waals surface area contributed by atoms with Crippen LogP contribution in [0.4, 0.5) is 0 Å². The lowest BCUT2D eigenvalue weighted by Gasteiger charge is -2.18. The molecule has 1 aromatic rings. The van der Waals surface area contributed by atoms with Crippen LogP contribution in [0.5, 0.6) is 0 Å². The molecule has 0 bridgehead atoms. The highest BCUT2D eigenvalue weighted by Crippen LogP contribution is 2.41. The molecule has 1 aromatic heterocycles. The molecule has 1 aliphatic heterocycles. The molecule has 0 aliphatic carbocycles. The Morgan fingerprint density at radius 2 is 2.29 bits per heavy atom. The van der Waals surface area contributed by atoms with Crippen LogP contribution in [0, 0.1) is 11.3 Å². The molecule has 17 heavy (non-hydrogen) atoms. The lowest BCUT2D eigenvalue weighted by molar-refractivity contribution is 0.568. The molecule has 1 atom stereocenters. The highest BCUT2D eigenvalue weighted by atomic mass is 32.2. The summed E-state index contributed by atoms with van der Waals surface area (Å²) in [5.41, 5.74) is 1.26. The molecule has 0 aromatic carbocycles. The number of aromatic nitrogens is 1. The fourth-order valence-corrected chi connectivity index (χ4v) is 4.44. The van der Waals surface area contributed by atoms with Crippen molar-refractivity contribution in [3.63, 3.8) is 0 Å². The van der Waals surface area contributed by atoms with Crippen molar-refractivity contribution in [2.45, 2.75) is 50.2 Å². The summed E-state index contributed by atoms with van der Waals surface area (Å²) in [6.07, 6.45) is 2.99. The van der Waals surface area contributed by atoms with Gasteiger partial charge >= 0.3 is 0 Å². The summed E-state index contributed by atoms with van der Waals surface area (Å²) in [4.78, 5) is 4.69. The third-order valence-electron chi connectivity index (χ3n) is 3.06. The molecule has 1 saturated heterocycles. The molecule has 1 unspecified atom stereocenters. The molecule has 2 heterocycles. The molecule has 4 heteroatoms. The van der Waals surface area contributed by atoms with Gasteiger partial charge in [-0.2, -0.15) is 5.26 Å². The van der Waals surface area contributed by atoms with Crippen LogP contribution in [0.1, 0.15) is 44.3 Å². The second-order valence-corrected chi connectivity index (χ2v) is 8.03. The molecule has 0 radical (unpaired) electrons. The minimum atomic E-state index is -0.201. The van der Waals surface area contributed by atoms with Crippen molar-refractivity contribution in [2.75, 3.05) is 5.75 Å². The normalized spacial score (nSPS) is 24.8. The Labute approximate surface area is 111 Å². The van der Waals surface area contributed by atoms with Crippen LogP contribution in [0.2, 0.25) is 0 Å². The van der Waals surface area contributed by atoms with E-state index in [0.29, 0.717) is 0 Å². The Morgan fingerprint density at radius 1 is 1.53 bits per heavy atom. The maximum Gasteiger partial charge on any atom is 0.109 e. The smallest absolute Gasteiger partial charge is 0.109 e. The number of nitrogens with zero attached hydrogens (tertiary/aromatic N) is 2. The van der Waals surface area contributed by atoms with E-state index in [-0.39, 0.29) is 10.2 Å². The molecule has 2 nitrogen and oxygen atoms in total. The van der Waals surface area contributed by atoms with Crippen molar-refractivity contribution in [3.05, 3.63) is 16.1 Å². The standard InChI is InChI=1S/C13H18N2S2/c1-12(2,3)10-8-16-11(15-10)7-13(9-14)5-4-6-17-13/h8H,4-7H2,1-3H3. The van der Waals surface area contributed by atoms with Gasteiger partial charge in [-0.05, 0) is 18.6 Å². The summed E-state index contributed by atoms with van der Waals surface area (Å²) in [7, 11) is 0. The molecule has 1 aliphatic rings. The number of rotatable bonds is 2. The zero-order chi connectivity index (χ0) is 12.5. The van der Waals surface area contributed by atoms with Gasteiger partial charge in [0.15, 0.2) is 0 Å². The maximum absolute atomic E-state index is 9.35. The van der Waals surface area contributed by atoms with Gasteiger partial charge < -0.3 is 0 Å². The summed E-state index contributed by atoms with van der Waals surface area (Å²) in [5, 5.41) is 12.6. The molecular weight excluding hydrogens is 248 g/mol. The van der Waals surface area contributed by atoms with Gasteiger partial charge in [-0.1, -0.05) is 20.8 Å². The van der Waals surface area contributed by atoms with Crippen LogP contribution in [0.3, 0.4) is 0 Å². The van der Waals surface area contributed by atoms with Crippen molar-refractivity contribution in [1.82, 2.24) is 4.98 Å². The van der Waals surface area contributed by atoms with Crippen molar-refractivity contribution in [2.24, 2.45) is 0 Å². The lowest BCUT2D eigenvalue weighted by atomic mass is 9.93. The number of thiazole rings is 1. The first-order valence-corrected chi connectivity index (χ1v) is 7.82. The minimum absolute atomic E-state index is 0.109. The van der Waals surface area contributed by atoms with Gasteiger partial charge in [0.2, 0.25) is 0 Å². The van der Waals surface area contributed by atoms with E-state index in [1.165, 1.54) is 0 Å². The van der Waals surface area contributed by atoms with E-state index < -0.39 is 0 Å². The maximum atomic E-state index is 9.35. The topological polar surface area (TPSA) is 36.7 Å². The van der Waals surface area contributed by atoms with Gasteiger partial charge in [-0.25, -0.2) is 4.98 Å². The van der Waals surface area contributed by atoms with E-state index in [2.05, 4.69) is 32.2 Å². The van der Waals surface area contributed by atoms with E-state index >= 15 is 0 Å². The predicted molar refractivity (Wildman–Crippen MR) is 74.6 cm³/mol. The van der Waals surface area contributed by atoms with Crippen LogP contribution < -0.4 is 0 Å². The zero-order valence-corrected chi connectivity index (χ0v) is 12.2. The molecular formula is C13H18N2S2. The van der Waals surface area contributed by atoms with E-state index in [0.717, 1.165) is 35.7 Å². The third kappa shape index (κ3) is 2.83. The average Bonchev–Trinajstić information content (AvgIpc) is 2.87. The van der Waals surface area contributed by atoms with Crippen LogP contribution in [-0.2, 0) is 11.8 Å². The van der Waals surface area contributed by atoms with Gasteiger partial charge in [0.25, 0.3) is 0 Å². The lowest BCUT2D eigenvalue weighted by Crippen LogP contribution is -2.22. The second-order valence-electron chi connectivity index (χ2n) is 5.61. The molecule has 0 N–H and O–H groups in total. The van der Waals surface area contributed by atoms with Gasteiger partial charge in [-0.3, -0.25) is 0 Å². The highest BCUT2D eigenvalue weighted by Gasteiger charge is 2.36. The molecule has 0 amide bonds. The van der Waals surface area contributed by atoms with E-state index in [1.54, 1.807) is 23.1 Å². The summed E-state index contributed by atoms with van der Waals surface area (Å²) in [6, 6.07) is 2.50. The number of hydrogen-bond donors (Lipinski definition) is 0. The van der Waals surface area contributed by atoms with Crippen LogP contribution in [-0.4, -0.2) is 15.5 Å². The highest BCUT2D eigenvalue weighted by molar-refractivity contribution is 8.01. The first-order chi connectivity index (χ1) is 7.95. The summed E-state index contributed by atoms with van der Waals surface area (Å²) < 4.78 is -0.201. The first-order valence-electron chi connectivity index (χ1n) is 5.95. The third-order valence-corrected chi connectivity index (χ3v) is 5.40. The van der Waals surface area contributed by atoms with Gasteiger partial charge in [-0.15, -0.1) is 23.1 Å². The van der Waals surface area contributed by atoms with Crippen LogP contribution in [0.15, 0.2) is 5.38 Å². The Morgan fingerprint density at radius 3 is 2.76 bits per heavy atom. The Hall–Kier alpha value is -0.530.